The number of aromatic nitrogens is 2. The van der Waals surface area contributed by atoms with Crippen LogP contribution in [0.15, 0.2) is 36.9 Å². The number of rotatable bonds is 6. The van der Waals surface area contributed by atoms with E-state index < -0.39 is 11.6 Å². The summed E-state index contributed by atoms with van der Waals surface area (Å²) < 4.78 is 29.0. The fraction of sp³-hybridized carbons (Fsp3) is 0.412. The first-order valence-electron chi connectivity index (χ1n) is 7.97. The second-order valence-corrected chi connectivity index (χ2v) is 6.12. The highest BCUT2D eigenvalue weighted by atomic mass is 19.2. The minimum absolute atomic E-state index is 0.134. The van der Waals surface area contributed by atoms with Crippen LogP contribution in [0.1, 0.15) is 24.3 Å². The summed E-state index contributed by atoms with van der Waals surface area (Å²) in [6.45, 7) is 1.40. The molecule has 2 amide bonds. The van der Waals surface area contributed by atoms with Gasteiger partial charge in [-0.2, -0.15) is 0 Å². The normalized spacial score (nSPS) is 19.1. The first-order chi connectivity index (χ1) is 11.6. The van der Waals surface area contributed by atoms with E-state index in [1.807, 2.05) is 10.8 Å². The van der Waals surface area contributed by atoms with Crippen molar-refractivity contribution >= 4 is 6.03 Å². The van der Waals surface area contributed by atoms with Gasteiger partial charge in [-0.1, -0.05) is 12.1 Å². The van der Waals surface area contributed by atoms with Gasteiger partial charge in [0, 0.05) is 44.5 Å². The van der Waals surface area contributed by atoms with Crippen molar-refractivity contribution < 1.29 is 13.6 Å². The lowest BCUT2D eigenvalue weighted by Gasteiger charge is -2.18. The predicted octanol–water partition coefficient (Wildman–Crippen LogP) is 2.75. The third-order valence-electron chi connectivity index (χ3n) is 4.30. The van der Waals surface area contributed by atoms with Crippen LogP contribution in [0.5, 0.6) is 0 Å². The molecule has 2 unspecified atom stereocenters. The maximum atomic E-state index is 13.8. The minimum Gasteiger partial charge on any atom is -0.337 e. The van der Waals surface area contributed by atoms with Crippen LogP contribution < -0.4 is 5.32 Å². The molecule has 5 nitrogen and oxygen atoms in total. The van der Waals surface area contributed by atoms with Gasteiger partial charge < -0.3 is 14.8 Å². The van der Waals surface area contributed by atoms with E-state index in [9.17, 15) is 13.6 Å². The highest BCUT2D eigenvalue weighted by Crippen LogP contribution is 2.42. The molecule has 7 heteroatoms. The lowest BCUT2D eigenvalue weighted by molar-refractivity contribution is 0.207. The van der Waals surface area contributed by atoms with Crippen LogP contribution in [-0.2, 0) is 6.54 Å². The molecule has 2 aromatic rings. The Bertz CT molecular complexity index is 705. The quantitative estimate of drug-likeness (QED) is 0.883. The summed E-state index contributed by atoms with van der Waals surface area (Å²) in [6, 6.07) is 3.84. The van der Waals surface area contributed by atoms with Crippen LogP contribution in [0.25, 0.3) is 0 Å². The van der Waals surface area contributed by atoms with Crippen molar-refractivity contribution in [1.82, 2.24) is 19.8 Å². The second kappa shape index (κ2) is 6.98. The highest BCUT2D eigenvalue weighted by molar-refractivity contribution is 5.74. The van der Waals surface area contributed by atoms with E-state index in [0.29, 0.717) is 18.5 Å². The molecule has 3 rings (SSSR count). The fourth-order valence-corrected chi connectivity index (χ4v) is 2.78. The van der Waals surface area contributed by atoms with E-state index in [2.05, 4.69) is 10.3 Å². The van der Waals surface area contributed by atoms with Crippen LogP contribution in [0.4, 0.5) is 13.6 Å². The molecule has 0 radical (unpaired) electrons. The molecule has 1 N–H and O–H groups in total. The Morgan fingerprint density at radius 3 is 3.04 bits per heavy atom. The maximum absolute atomic E-state index is 13.8. The van der Waals surface area contributed by atoms with Crippen LogP contribution in [0.3, 0.4) is 0 Å². The summed E-state index contributed by atoms with van der Waals surface area (Å²) in [5, 5.41) is 2.87. The van der Waals surface area contributed by atoms with Crippen LogP contribution >= 0.6 is 0 Å². The van der Waals surface area contributed by atoms with Crippen molar-refractivity contribution in [3.8, 4) is 0 Å². The Hall–Kier alpha value is -2.44. The summed E-state index contributed by atoms with van der Waals surface area (Å²) in [5.74, 6) is -1.81. The number of nitrogens with one attached hydrogen (secondary N) is 1. The molecule has 24 heavy (non-hydrogen) atoms. The van der Waals surface area contributed by atoms with Crippen molar-refractivity contribution in [1.29, 1.82) is 0 Å². The Kier molecular flexibility index (Phi) is 4.78. The van der Waals surface area contributed by atoms with Crippen molar-refractivity contribution in [2.24, 2.45) is 0 Å². The van der Waals surface area contributed by atoms with E-state index in [4.69, 9.17) is 0 Å². The number of imidazole rings is 1. The van der Waals surface area contributed by atoms with Gasteiger partial charge >= 0.3 is 6.03 Å². The van der Waals surface area contributed by atoms with Gasteiger partial charge in [0.2, 0.25) is 0 Å². The van der Waals surface area contributed by atoms with Crippen molar-refractivity contribution in [3.05, 3.63) is 54.1 Å². The Morgan fingerprint density at radius 2 is 2.29 bits per heavy atom. The smallest absolute Gasteiger partial charge is 0.317 e. The number of benzene rings is 1. The first-order valence-corrected chi connectivity index (χ1v) is 7.97. The van der Waals surface area contributed by atoms with Gasteiger partial charge in [-0.3, -0.25) is 0 Å². The van der Waals surface area contributed by atoms with Crippen LogP contribution in [0.2, 0.25) is 0 Å². The Morgan fingerprint density at radius 1 is 1.46 bits per heavy atom. The van der Waals surface area contributed by atoms with E-state index in [1.165, 1.54) is 6.07 Å². The number of carbonyl (C=O) groups excluding carboxylic acids is 1. The molecule has 1 saturated carbocycles. The molecule has 1 aromatic carbocycles. The van der Waals surface area contributed by atoms with Gasteiger partial charge in [0.15, 0.2) is 11.6 Å². The molecule has 0 spiro atoms. The molecule has 1 fully saturated rings. The van der Waals surface area contributed by atoms with Crippen molar-refractivity contribution in [2.45, 2.75) is 31.3 Å². The zero-order chi connectivity index (χ0) is 17.1. The summed E-state index contributed by atoms with van der Waals surface area (Å²) in [6.07, 6.45) is 6.78. The van der Waals surface area contributed by atoms with Crippen molar-refractivity contribution in [2.75, 3.05) is 13.6 Å². The third kappa shape index (κ3) is 3.72. The zero-order valence-electron chi connectivity index (χ0n) is 13.5. The Labute approximate surface area is 139 Å². The van der Waals surface area contributed by atoms with Crippen LogP contribution in [-0.4, -0.2) is 40.1 Å². The molecule has 1 aromatic heterocycles. The lowest BCUT2D eigenvalue weighted by atomic mass is 10.1. The fourth-order valence-electron chi connectivity index (χ4n) is 2.78. The summed E-state index contributed by atoms with van der Waals surface area (Å²) in [4.78, 5) is 17.7. The third-order valence-corrected chi connectivity index (χ3v) is 4.30. The molecule has 0 aliphatic heterocycles. The number of amides is 2. The monoisotopic (exact) mass is 334 g/mol. The Balaban J connectivity index is 1.45. The van der Waals surface area contributed by atoms with Gasteiger partial charge in [0.05, 0.1) is 6.33 Å². The van der Waals surface area contributed by atoms with Gasteiger partial charge in [0.25, 0.3) is 0 Å². The van der Waals surface area contributed by atoms with E-state index >= 15 is 0 Å². The molecule has 1 aliphatic rings. The van der Waals surface area contributed by atoms with E-state index in [1.54, 1.807) is 30.5 Å². The summed E-state index contributed by atoms with van der Waals surface area (Å²) >= 11 is 0. The topological polar surface area (TPSA) is 50.2 Å². The molecular formula is C17H20F2N4O. The van der Waals surface area contributed by atoms with Crippen LogP contribution in [0, 0.1) is 11.6 Å². The number of hydrogen-bond acceptors (Lipinski definition) is 2. The number of urea groups is 1. The van der Waals surface area contributed by atoms with Gasteiger partial charge in [-0.05, 0) is 24.5 Å². The van der Waals surface area contributed by atoms with Crippen molar-refractivity contribution in [3.63, 3.8) is 0 Å². The number of hydrogen-bond donors (Lipinski definition) is 1. The van der Waals surface area contributed by atoms with Gasteiger partial charge in [-0.15, -0.1) is 0 Å². The van der Waals surface area contributed by atoms with Gasteiger partial charge in [-0.25, -0.2) is 18.6 Å². The minimum atomic E-state index is -0.846. The molecule has 128 valence electrons. The zero-order valence-corrected chi connectivity index (χ0v) is 13.5. The molecule has 1 aliphatic carbocycles. The largest absolute Gasteiger partial charge is 0.337 e. The standard InChI is InChI=1S/C17H20F2N4O/c1-22(7-3-8-23-9-6-20-11-23)17(24)21-15-10-13(15)12-4-2-5-14(18)16(12)19/h2,4-6,9,11,13,15H,3,7-8,10H2,1H3,(H,21,24). The number of halogens is 2. The van der Waals surface area contributed by atoms with E-state index in [-0.39, 0.29) is 18.0 Å². The molecule has 1 heterocycles. The first kappa shape index (κ1) is 16.4. The lowest BCUT2D eigenvalue weighted by Crippen LogP contribution is -2.39. The molecule has 0 bridgehead atoms. The summed E-state index contributed by atoms with van der Waals surface area (Å²) in [5.41, 5.74) is 0.336. The van der Waals surface area contributed by atoms with Gasteiger partial charge in [0.1, 0.15) is 0 Å². The second-order valence-electron chi connectivity index (χ2n) is 6.12. The number of nitrogens with zero attached hydrogens (tertiary/aromatic N) is 3. The average Bonchev–Trinajstić information content (AvgIpc) is 3.11. The molecule has 2 atom stereocenters. The summed E-state index contributed by atoms with van der Waals surface area (Å²) in [7, 11) is 1.73. The number of aryl methyl sites for hydroxylation is 1. The average molecular weight is 334 g/mol. The van der Waals surface area contributed by atoms with E-state index in [0.717, 1.165) is 19.0 Å². The number of carbonyl (C=O) groups is 1. The maximum Gasteiger partial charge on any atom is 0.317 e. The molecular weight excluding hydrogens is 314 g/mol. The predicted molar refractivity (Wildman–Crippen MR) is 85.5 cm³/mol. The SMILES string of the molecule is CN(CCCn1ccnc1)C(=O)NC1CC1c1cccc(F)c1F. The highest BCUT2D eigenvalue weighted by Gasteiger charge is 2.41. The molecule has 0 saturated heterocycles.